The molecule has 0 saturated heterocycles. The fourth-order valence-corrected chi connectivity index (χ4v) is 2.45. The lowest BCUT2D eigenvalue weighted by Crippen LogP contribution is -2.34. The van der Waals surface area contributed by atoms with Crippen molar-refractivity contribution in [1.29, 1.82) is 0 Å². The molecule has 114 valence electrons. The van der Waals surface area contributed by atoms with Crippen LogP contribution < -0.4 is 5.32 Å². The van der Waals surface area contributed by atoms with Gasteiger partial charge in [0.1, 0.15) is 5.76 Å². The van der Waals surface area contributed by atoms with Crippen LogP contribution >= 0.6 is 0 Å². The van der Waals surface area contributed by atoms with E-state index in [-0.39, 0.29) is 11.9 Å². The van der Waals surface area contributed by atoms with E-state index < -0.39 is 0 Å². The standard InChI is InChI=1S/C16H23N3O2/c1-6-13-7-8-15(21-13)16(20)17-10(2)9-14-11(3)18-19(5)12(14)4/h7-8,10H,6,9H2,1-5H3,(H,17,20)/t10-/m1/s1. The summed E-state index contributed by atoms with van der Waals surface area (Å²) in [7, 11) is 1.93. The minimum Gasteiger partial charge on any atom is -0.456 e. The third kappa shape index (κ3) is 3.35. The molecule has 2 rings (SSSR count). The van der Waals surface area contributed by atoms with Gasteiger partial charge in [-0.2, -0.15) is 5.10 Å². The first-order valence-corrected chi connectivity index (χ1v) is 7.31. The monoisotopic (exact) mass is 289 g/mol. The zero-order valence-corrected chi connectivity index (χ0v) is 13.4. The van der Waals surface area contributed by atoms with Gasteiger partial charge in [0.15, 0.2) is 5.76 Å². The Morgan fingerprint density at radius 2 is 2.14 bits per heavy atom. The smallest absolute Gasteiger partial charge is 0.287 e. The van der Waals surface area contributed by atoms with Gasteiger partial charge in [-0.3, -0.25) is 9.48 Å². The summed E-state index contributed by atoms with van der Waals surface area (Å²) < 4.78 is 7.34. The second kappa shape index (κ2) is 6.16. The Morgan fingerprint density at radius 1 is 1.43 bits per heavy atom. The number of hydrogen-bond acceptors (Lipinski definition) is 3. The maximum atomic E-state index is 12.1. The van der Waals surface area contributed by atoms with Crippen molar-refractivity contribution in [1.82, 2.24) is 15.1 Å². The summed E-state index contributed by atoms with van der Waals surface area (Å²) in [6.07, 6.45) is 1.55. The van der Waals surface area contributed by atoms with Gasteiger partial charge in [0.2, 0.25) is 0 Å². The zero-order chi connectivity index (χ0) is 15.6. The minimum absolute atomic E-state index is 0.0225. The van der Waals surface area contributed by atoms with Crippen LogP contribution in [0.25, 0.3) is 0 Å². The summed E-state index contributed by atoms with van der Waals surface area (Å²) in [6.45, 7) is 8.03. The van der Waals surface area contributed by atoms with E-state index in [1.165, 1.54) is 5.56 Å². The third-order valence-electron chi connectivity index (χ3n) is 3.78. The van der Waals surface area contributed by atoms with Crippen molar-refractivity contribution < 1.29 is 9.21 Å². The number of aromatic nitrogens is 2. The third-order valence-corrected chi connectivity index (χ3v) is 3.78. The van der Waals surface area contributed by atoms with E-state index in [0.29, 0.717) is 5.76 Å². The van der Waals surface area contributed by atoms with Gasteiger partial charge in [-0.1, -0.05) is 6.92 Å². The average Bonchev–Trinajstić information content (AvgIpc) is 3.00. The van der Waals surface area contributed by atoms with Gasteiger partial charge in [0.05, 0.1) is 5.69 Å². The molecular weight excluding hydrogens is 266 g/mol. The number of nitrogens with one attached hydrogen (secondary N) is 1. The second-order valence-corrected chi connectivity index (χ2v) is 5.47. The average molecular weight is 289 g/mol. The molecule has 0 saturated carbocycles. The lowest BCUT2D eigenvalue weighted by molar-refractivity contribution is 0.0910. The summed E-state index contributed by atoms with van der Waals surface area (Å²) in [6, 6.07) is 3.59. The molecule has 0 aliphatic heterocycles. The highest BCUT2D eigenvalue weighted by atomic mass is 16.3. The van der Waals surface area contributed by atoms with E-state index in [0.717, 1.165) is 30.0 Å². The van der Waals surface area contributed by atoms with Crippen molar-refractivity contribution in [3.8, 4) is 0 Å². The zero-order valence-electron chi connectivity index (χ0n) is 13.4. The van der Waals surface area contributed by atoms with Gasteiger partial charge in [-0.25, -0.2) is 0 Å². The first kappa shape index (κ1) is 15.4. The summed E-state index contributed by atoms with van der Waals surface area (Å²) in [5.74, 6) is 1.03. The Labute approximate surface area is 125 Å². The lowest BCUT2D eigenvalue weighted by Gasteiger charge is -2.13. The maximum absolute atomic E-state index is 12.1. The first-order chi connectivity index (χ1) is 9.92. The molecule has 1 amide bonds. The Balaban J connectivity index is 2.01. The Morgan fingerprint density at radius 3 is 2.67 bits per heavy atom. The molecular formula is C16H23N3O2. The van der Waals surface area contributed by atoms with Crippen molar-refractivity contribution in [2.45, 2.75) is 46.6 Å². The number of amides is 1. The van der Waals surface area contributed by atoms with Crippen molar-refractivity contribution >= 4 is 5.91 Å². The highest BCUT2D eigenvalue weighted by Gasteiger charge is 2.17. The molecule has 2 heterocycles. The minimum atomic E-state index is -0.165. The maximum Gasteiger partial charge on any atom is 0.287 e. The van der Waals surface area contributed by atoms with Gasteiger partial charge < -0.3 is 9.73 Å². The number of rotatable bonds is 5. The highest BCUT2D eigenvalue weighted by molar-refractivity contribution is 5.91. The molecule has 0 aromatic carbocycles. The van der Waals surface area contributed by atoms with E-state index in [1.54, 1.807) is 6.07 Å². The van der Waals surface area contributed by atoms with Gasteiger partial charge >= 0.3 is 0 Å². The molecule has 0 aliphatic carbocycles. The fourth-order valence-electron chi connectivity index (χ4n) is 2.45. The first-order valence-electron chi connectivity index (χ1n) is 7.31. The van der Waals surface area contributed by atoms with E-state index in [9.17, 15) is 4.79 Å². The molecule has 5 nitrogen and oxygen atoms in total. The lowest BCUT2D eigenvalue weighted by atomic mass is 10.1. The van der Waals surface area contributed by atoms with Crippen molar-refractivity contribution in [2.75, 3.05) is 0 Å². The summed E-state index contributed by atoms with van der Waals surface area (Å²) in [5, 5.41) is 7.38. The van der Waals surface area contributed by atoms with Gasteiger partial charge in [-0.15, -0.1) is 0 Å². The molecule has 0 fully saturated rings. The number of carbonyl (C=O) groups excluding carboxylic acids is 1. The number of furan rings is 1. The predicted octanol–water partition coefficient (Wildman–Crippen LogP) is 2.55. The van der Waals surface area contributed by atoms with Crippen LogP contribution in [0.5, 0.6) is 0 Å². The highest BCUT2D eigenvalue weighted by Crippen LogP contribution is 2.15. The Kier molecular flexibility index (Phi) is 4.50. The summed E-state index contributed by atoms with van der Waals surface area (Å²) in [5.41, 5.74) is 3.35. The van der Waals surface area contributed by atoms with Crippen LogP contribution in [-0.4, -0.2) is 21.7 Å². The normalized spacial score (nSPS) is 12.4. The van der Waals surface area contributed by atoms with Crippen molar-refractivity contribution in [3.63, 3.8) is 0 Å². The van der Waals surface area contributed by atoms with E-state index >= 15 is 0 Å². The number of hydrogen-bond donors (Lipinski definition) is 1. The van der Waals surface area contributed by atoms with Crippen LogP contribution in [0.1, 0.15) is 47.1 Å². The predicted molar refractivity (Wildman–Crippen MR) is 81.4 cm³/mol. The largest absolute Gasteiger partial charge is 0.456 e. The molecule has 2 aromatic rings. The van der Waals surface area contributed by atoms with E-state index in [2.05, 4.69) is 10.4 Å². The topological polar surface area (TPSA) is 60.1 Å². The van der Waals surface area contributed by atoms with Crippen LogP contribution in [-0.2, 0) is 19.9 Å². The number of aryl methyl sites for hydroxylation is 3. The number of carbonyl (C=O) groups is 1. The van der Waals surface area contributed by atoms with Crippen LogP contribution in [0.2, 0.25) is 0 Å². The van der Waals surface area contributed by atoms with Crippen LogP contribution in [0.4, 0.5) is 0 Å². The fraction of sp³-hybridized carbons (Fsp3) is 0.500. The quantitative estimate of drug-likeness (QED) is 0.920. The van der Waals surface area contributed by atoms with Gasteiger partial charge in [0.25, 0.3) is 5.91 Å². The van der Waals surface area contributed by atoms with Crippen LogP contribution in [0.15, 0.2) is 16.5 Å². The van der Waals surface area contributed by atoms with Crippen LogP contribution in [0, 0.1) is 13.8 Å². The second-order valence-electron chi connectivity index (χ2n) is 5.47. The molecule has 1 N–H and O–H groups in total. The van der Waals surface area contributed by atoms with E-state index in [4.69, 9.17) is 4.42 Å². The molecule has 0 spiro atoms. The molecule has 0 bridgehead atoms. The van der Waals surface area contributed by atoms with E-state index in [1.807, 2.05) is 45.5 Å². The SMILES string of the molecule is CCc1ccc(C(=O)N[C@H](C)Cc2c(C)nn(C)c2C)o1. The van der Waals surface area contributed by atoms with Crippen molar-refractivity contribution in [2.24, 2.45) is 7.05 Å². The number of nitrogens with zero attached hydrogens (tertiary/aromatic N) is 2. The molecule has 0 radical (unpaired) electrons. The molecule has 21 heavy (non-hydrogen) atoms. The molecule has 5 heteroatoms. The molecule has 0 aliphatic rings. The Bertz CT molecular complexity index is 640. The summed E-state index contributed by atoms with van der Waals surface area (Å²) >= 11 is 0. The molecule has 1 atom stereocenters. The molecule has 0 unspecified atom stereocenters. The Hall–Kier alpha value is -2.04. The van der Waals surface area contributed by atoms with Crippen LogP contribution in [0.3, 0.4) is 0 Å². The summed E-state index contributed by atoms with van der Waals surface area (Å²) in [4.78, 5) is 12.1. The van der Waals surface area contributed by atoms with Gasteiger partial charge in [-0.05, 0) is 44.9 Å². The molecule has 2 aromatic heterocycles. The van der Waals surface area contributed by atoms with Crippen molar-refractivity contribution in [3.05, 3.63) is 40.6 Å². The van der Waals surface area contributed by atoms with Gasteiger partial charge in [0, 0.05) is 25.2 Å².